The minimum atomic E-state index is -4.68. The molecule has 3 aromatic carbocycles. The summed E-state index contributed by atoms with van der Waals surface area (Å²) in [5, 5.41) is 3.98. The van der Waals surface area contributed by atoms with Gasteiger partial charge in [0.1, 0.15) is 5.75 Å². The third-order valence-electron chi connectivity index (χ3n) is 7.20. The zero-order chi connectivity index (χ0) is 26.9. The Labute approximate surface area is 219 Å². The number of aromatic nitrogens is 1. The number of hydrogen-bond acceptors (Lipinski definition) is 3. The normalized spacial score (nSPS) is 14.6. The highest BCUT2D eigenvalue weighted by atomic mass is 19.4. The number of hydrogen-bond donors (Lipinski definition) is 2. The molecule has 1 aliphatic rings. The Hall–Kier alpha value is -3.94. The van der Waals surface area contributed by atoms with Crippen LogP contribution in [0.5, 0.6) is 5.75 Å². The molecule has 1 aromatic heterocycles. The number of benzene rings is 3. The Bertz CT molecular complexity index is 1420. The van der Waals surface area contributed by atoms with Crippen LogP contribution in [0.1, 0.15) is 51.5 Å². The summed E-state index contributed by atoms with van der Waals surface area (Å²) in [6.45, 7) is 6.09. The van der Waals surface area contributed by atoms with Crippen LogP contribution in [0.2, 0.25) is 0 Å². The summed E-state index contributed by atoms with van der Waals surface area (Å²) in [4.78, 5) is 18.6. The topological polar surface area (TPSA) is 57.4 Å². The molecular formula is C30H30F3N3O2. The summed E-state index contributed by atoms with van der Waals surface area (Å²) in [5.41, 5.74) is 6.78. The van der Waals surface area contributed by atoms with E-state index in [0.717, 1.165) is 64.9 Å². The van der Waals surface area contributed by atoms with Crippen LogP contribution in [0.3, 0.4) is 0 Å². The number of ether oxygens (including phenoxy) is 1. The maximum Gasteiger partial charge on any atom is 0.573 e. The zero-order valence-electron chi connectivity index (χ0n) is 21.4. The number of carbonyl (C=O) groups is 1. The number of nitrogens with one attached hydrogen (secondary N) is 2. The van der Waals surface area contributed by atoms with Gasteiger partial charge >= 0.3 is 6.36 Å². The van der Waals surface area contributed by atoms with Crippen molar-refractivity contribution < 1.29 is 22.7 Å². The Kier molecular flexibility index (Phi) is 7.06. The lowest BCUT2D eigenvalue weighted by molar-refractivity contribution is -0.274. The van der Waals surface area contributed by atoms with E-state index in [1.54, 1.807) is 12.1 Å². The highest BCUT2D eigenvalue weighted by Crippen LogP contribution is 2.32. The average molecular weight is 522 g/mol. The number of aryl methyl sites for hydroxylation is 2. The Morgan fingerprint density at radius 3 is 2.34 bits per heavy atom. The van der Waals surface area contributed by atoms with Crippen LogP contribution in [0, 0.1) is 13.8 Å². The van der Waals surface area contributed by atoms with Crippen molar-refractivity contribution in [3.63, 3.8) is 0 Å². The van der Waals surface area contributed by atoms with Gasteiger partial charge in [-0.1, -0.05) is 35.9 Å². The highest BCUT2D eigenvalue weighted by molar-refractivity contribution is 6.08. The second-order valence-electron chi connectivity index (χ2n) is 9.90. The number of amides is 1. The fourth-order valence-corrected chi connectivity index (χ4v) is 5.24. The van der Waals surface area contributed by atoms with Gasteiger partial charge < -0.3 is 19.9 Å². The molecule has 5 rings (SSSR count). The van der Waals surface area contributed by atoms with E-state index < -0.39 is 6.36 Å². The number of halogens is 3. The number of rotatable bonds is 6. The Morgan fingerprint density at radius 2 is 1.68 bits per heavy atom. The first kappa shape index (κ1) is 25.7. The van der Waals surface area contributed by atoms with Gasteiger partial charge in [-0.2, -0.15) is 0 Å². The number of aromatic amines is 1. The molecule has 1 saturated heterocycles. The molecule has 2 N–H and O–H groups in total. The standard InChI is InChI=1S/C30H30F3N3O2/c1-19-3-12-27-26(17-19)28(20(2)35-27)29(37)34-18-21-4-8-24(9-5-21)36-15-13-23(14-16-36)22-6-10-25(11-7-22)38-30(31,32)33/h3-12,17,23,35H,13-16,18H2,1-2H3,(H,34,37). The third kappa shape index (κ3) is 5.79. The quantitative estimate of drug-likeness (QED) is 0.287. The largest absolute Gasteiger partial charge is 0.573 e. The number of H-pyrrole nitrogens is 1. The summed E-state index contributed by atoms with van der Waals surface area (Å²) in [7, 11) is 0. The van der Waals surface area contributed by atoms with Crippen molar-refractivity contribution in [2.24, 2.45) is 0 Å². The van der Waals surface area contributed by atoms with E-state index in [4.69, 9.17) is 0 Å². The fourth-order valence-electron chi connectivity index (χ4n) is 5.24. The van der Waals surface area contributed by atoms with Crippen LogP contribution in [-0.2, 0) is 6.54 Å². The number of nitrogens with zero attached hydrogens (tertiary/aromatic N) is 1. The molecule has 1 amide bonds. The summed E-state index contributed by atoms with van der Waals surface area (Å²) in [5.74, 6) is 0.0163. The predicted molar refractivity (Wildman–Crippen MR) is 143 cm³/mol. The van der Waals surface area contributed by atoms with E-state index in [9.17, 15) is 18.0 Å². The van der Waals surface area contributed by atoms with Crippen LogP contribution >= 0.6 is 0 Å². The molecule has 5 nitrogen and oxygen atoms in total. The minimum absolute atomic E-state index is 0.0940. The predicted octanol–water partition coefficient (Wildman–Crippen LogP) is 7.00. The van der Waals surface area contributed by atoms with Gasteiger partial charge in [0.15, 0.2) is 0 Å². The van der Waals surface area contributed by atoms with Crippen LogP contribution < -0.4 is 15.0 Å². The molecule has 0 spiro atoms. The van der Waals surface area contributed by atoms with Crippen molar-refractivity contribution in [1.82, 2.24) is 10.3 Å². The van der Waals surface area contributed by atoms with Crippen LogP contribution in [0.4, 0.5) is 18.9 Å². The van der Waals surface area contributed by atoms with Crippen molar-refractivity contribution in [2.45, 2.75) is 45.5 Å². The van der Waals surface area contributed by atoms with Gasteiger partial charge in [0.2, 0.25) is 0 Å². The number of piperidine rings is 1. The highest BCUT2D eigenvalue weighted by Gasteiger charge is 2.31. The van der Waals surface area contributed by atoms with Crippen LogP contribution in [0.15, 0.2) is 66.7 Å². The molecule has 0 unspecified atom stereocenters. The first-order chi connectivity index (χ1) is 18.2. The van der Waals surface area contributed by atoms with Crippen LogP contribution in [0.25, 0.3) is 10.9 Å². The van der Waals surface area contributed by atoms with Crippen molar-refractivity contribution in [3.8, 4) is 5.75 Å². The molecule has 0 aliphatic carbocycles. The van der Waals surface area contributed by atoms with E-state index in [1.165, 1.54) is 12.1 Å². The van der Waals surface area contributed by atoms with E-state index in [0.29, 0.717) is 18.0 Å². The van der Waals surface area contributed by atoms with Gasteiger partial charge in [-0.05, 0) is 80.1 Å². The molecular weight excluding hydrogens is 491 g/mol. The van der Waals surface area contributed by atoms with Gasteiger partial charge in [0.25, 0.3) is 5.91 Å². The lowest BCUT2D eigenvalue weighted by Gasteiger charge is -2.34. The molecule has 0 saturated carbocycles. The molecule has 2 heterocycles. The Morgan fingerprint density at radius 1 is 1.00 bits per heavy atom. The lowest BCUT2D eigenvalue weighted by Crippen LogP contribution is -2.32. The zero-order valence-corrected chi connectivity index (χ0v) is 21.4. The second-order valence-corrected chi connectivity index (χ2v) is 9.90. The number of anilines is 1. The second kappa shape index (κ2) is 10.4. The third-order valence-corrected chi connectivity index (χ3v) is 7.20. The van der Waals surface area contributed by atoms with E-state index in [1.807, 2.05) is 44.2 Å². The molecule has 0 bridgehead atoms. The Balaban J connectivity index is 1.15. The first-order valence-corrected chi connectivity index (χ1v) is 12.7. The average Bonchev–Trinajstić information content (AvgIpc) is 3.22. The molecule has 8 heteroatoms. The van der Waals surface area contributed by atoms with Gasteiger partial charge in [-0.3, -0.25) is 4.79 Å². The molecule has 4 aromatic rings. The van der Waals surface area contributed by atoms with Gasteiger partial charge in [0.05, 0.1) is 5.56 Å². The van der Waals surface area contributed by atoms with Crippen molar-refractivity contribution in [2.75, 3.05) is 18.0 Å². The smallest absolute Gasteiger partial charge is 0.406 e. The van der Waals surface area contributed by atoms with E-state index >= 15 is 0 Å². The molecule has 198 valence electrons. The van der Waals surface area contributed by atoms with E-state index in [2.05, 4.69) is 32.1 Å². The number of fused-ring (bicyclic) bond motifs is 1. The summed E-state index contributed by atoms with van der Waals surface area (Å²) < 4.78 is 41.1. The summed E-state index contributed by atoms with van der Waals surface area (Å²) >= 11 is 0. The minimum Gasteiger partial charge on any atom is -0.406 e. The molecule has 38 heavy (non-hydrogen) atoms. The SMILES string of the molecule is Cc1ccc2[nH]c(C)c(C(=O)NCc3ccc(N4CCC(c5ccc(OC(F)(F)F)cc5)CC4)cc3)c2c1. The lowest BCUT2D eigenvalue weighted by atomic mass is 9.89. The first-order valence-electron chi connectivity index (χ1n) is 12.7. The van der Waals surface area contributed by atoms with Crippen molar-refractivity contribution in [3.05, 3.63) is 94.7 Å². The molecule has 0 atom stereocenters. The van der Waals surface area contributed by atoms with Crippen molar-refractivity contribution in [1.29, 1.82) is 0 Å². The van der Waals surface area contributed by atoms with Crippen LogP contribution in [-0.4, -0.2) is 30.3 Å². The number of carbonyl (C=O) groups excluding carboxylic acids is 1. The molecule has 0 radical (unpaired) electrons. The van der Waals surface area contributed by atoms with Gasteiger partial charge in [-0.15, -0.1) is 13.2 Å². The number of alkyl halides is 3. The van der Waals surface area contributed by atoms with Gasteiger partial charge in [0, 0.05) is 41.9 Å². The van der Waals surface area contributed by atoms with E-state index in [-0.39, 0.29) is 11.7 Å². The summed E-state index contributed by atoms with van der Waals surface area (Å²) in [6, 6.07) is 20.5. The monoisotopic (exact) mass is 521 g/mol. The van der Waals surface area contributed by atoms with Crippen molar-refractivity contribution >= 4 is 22.5 Å². The maximum atomic E-state index is 13.0. The fraction of sp³-hybridized carbons (Fsp3) is 0.300. The summed E-state index contributed by atoms with van der Waals surface area (Å²) in [6.07, 6.45) is -2.84. The molecule has 1 fully saturated rings. The molecule has 1 aliphatic heterocycles. The van der Waals surface area contributed by atoms with Gasteiger partial charge in [-0.25, -0.2) is 0 Å². The maximum absolute atomic E-state index is 13.0.